The Morgan fingerprint density at radius 2 is 1.57 bits per heavy atom. The number of carbonyl (C=O) groups is 2. The highest BCUT2D eigenvalue weighted by Gasteiger charge is 2.26. The minimum absolute atomic E-state index is 0.0675. The SMILES string of the molecule is CCOC(=O)c1ccc(NC(=O)CN(CCc2ccccc2)S(=O)(=O)c2ccc(OC)cc2)cc1. The second-order valence-corrected chi connectivity index (χ2v) is 9.53. The lowest BCUT2D eigenvalue weighted by Crippen LogP contribution is -2.39. The fourth-order valence-electron chi connectivity index (χ4n) is 3.34. The molecule has 9 heteroatoms. The van der Waals surface area contributed by atoms with Gasteiger partial charge in [0.15, 0.2) is 0 Å². The summed E-state index contributed by atoms with van der Waals surface area (Å²) >= 11 is 0. The Kier molecular flexibility index (Phi) is 8.99. The maximum absolute atomic E-state index is 13.4. The maximum Gasteiger partial charge on any atom is 0.338 e. The molecule has 8 nitrogen and oxygen atoms in total. The van der Waals surface area contributed by atoms with Crippen LogP contribution in [0.4, 0.5) is 5.69 Å². The summed E-state index contributed by atoms with van der Waals surface area (Å²) in [6.45, 7) is 1.73. The van der Waals surface area contributed by atoms with Gasteiger partial charge in [-0.2, -0.15) is 4.31 Å². The van der Waals surface area contributed by atoms with Crippen molar-refractivity contribution < 1.29 is 27.5 Å². The predicted octanol–water partition coefficient (Wildman–Crippen LogP) is 3.74. The van der Waals surface area contributed by atoms with Crippen LogP contribution in [0.2, 0.25) is 0 Å². The minimum atomic E-state index is -3.95. The van der Waals surface area contributed by atoms with Gasteiger partial charge in [-0.05, 0) is 67.4 Å². The van der Waals surface area contributed by atoms with Crippen LogP contribution in [0.15, 0.2) is 83.8 Å². The molecule has 0 fully saturated rings. The summed E-state index contributed by atoms with van der Waals surface area (Å²) < 4.78 is 38.0. The molecule has 0 saturated carbocycles. The van der Waals surface area contributed by atoms with Gasteiger partial charge in [-0.1, -0.05) is 30.3 Å². The maximum atomic E-state index is 13.4. The van der Waals surface area contributed by atoms with Gasteiger partial charge in [-0.15, -0.1) is 0 Å². The van der Waals surface area contributed by atoms with Crippen LogP contribution in [-0.2, 0) is 26.0 Å². The van der Waals surface area contributed by atoms with Gasteiger partial charge in [0.25, 0.3) is 0 Å². The Labute approximate surface area is 205 Å². The third-order valence-electron chi connectivity index (χ3n) is 5.19. The van der Waals surface area contributed by atoms with Gasteiger partial charge in [-0.3, -0.25) is 4.79 Å². The Morgan fingerprint density at radius 1 is 0.914 bits per heavy atom. The van der Waals surface area contributed by atoms with Crippen LogP contribution < -0.4 is 10.1 Å². The van der Waals surface area contributed by atoms with Crippen LogP contribution in [0.3, 0.4) is 0 Å². The van der Waals surface area contributed by atoms with E-state index >= 15 is 0 Å². The Balaban J connectivity index is 1.76. The van der Waals surface area contributed by atoms with E-state index in [1.54, 1.807) is 31.2 Å². The number of ether oxygens (including phenoxy) is 2. The molecular formula is C26H28N2O6S. The van der Waals surface area contributed by atoms with Crippen molar-refractivity contribution in [3.63, 3.8) is 0 Å². The van der Waals surface area contributed by atoms with E-state index in [9.17, 15) is 18.0 Å². The molecule has 3 rings (SSSR count). The Morgan fingerprint density at radius 3 is 2.17 bits per heavy atom. The van der Waals surface area contributed by atoms with Crippen LogP contribution in [-0.4, -0.2) is 51.4 Å². The molecule has 0 atom stereocenters. The average Bonchev–Trinajstić information content (AvgIpc) is 2.87. The van der Waals surface area contributed by atoms with Crippen molar-refractivity contribution in [2.45, 2.75) is 18.2 Å². The normalized spacial score (nSPS) is 11.2. The van der Waals surface area contributed by atoms with Gasteiger partial charge in [0.1, 0.15) is 5.75 Å². The summed E-state index contributed by atoms with van der Waals surface area (Å²) in [6, 6.07) is 21.7. The van der Waals surface area contributed by atoms with Gasteiger partial charge in [0.05, 0.1) is 30.7 Å². The lowest BCUT2D eigenvalue weighted by atomic mass is 10.1. The quantitative estimate of drug-likeness (QED) is 0.406. The number of hydrogen-bond donors (Lipinski definition) is 1. The van der Waals surface area contributed by atoms with E-state index < -0.39 is 21.9 Å². The largest absolute Gasteiger partial charge is 0.497 e. The van der Waals surface area contributed by atoms with E-state index in [4.69, 9.17) is 9.47 Å². The lowest BCUT2D eigenvalue weighted by Gasteiger charge is -2.22. The fourth-order valence-corrected chi connectivity index (χ4v) is 4.74. The molecule has 35 heavy (non-hydrogen) atoms. The van der Waals surface area contributed by atoms with Gasteiger partial charge in [0.2, 0.25) is 15.9 Å². The van der Waals surface area contributed by atoms with E-state index in [2.05, 4.69) is 5.32 Å². The second kappa shape index (κ2) is 12.1. The van der Waals surface area contributed by atoms with Crippen LogP contribution >= 0.6 is 0 Å². The molecule has 3 aromatic carbocycles. The number of nitrogens with one attached hydrogen (secondary N) is 1. The van der Waals surface area contributed by atoms with E-state index in [1.807, 2.05) is 30.3 Å². The first-order chi connectivity index (χ1) is 16.8. The zero-order chi connectivity index (χ0) is 25.3. The van der Waals surface area contributed by atoms with Gasteiger partial charge >= 0.3 is 5.97 Å². The second-order valence-electron chi connectivity index (χ2n) is 7.60. The highest BCUT2D eigenvalue weighted by molar-refractivity contribution is 7.89. The molecule has 0 aromatic heterocycles. The summed E-state index contributed by atoms with van der Waals surface area (Å²) in [7, 11) is -2.45. The summed E-state index contributed by atoms with van der Waals surface area (Å²) in [5, 5.41) is 2.69. The molecule has 1 N–H and O–H groups in total. The monoisotopic (exact) mass is 496 g/mol. The van der Waals surface area contributed by atoms with Crippen molar-refractivity contribution in [2.75, 3.05) is 32.1 Å². The van der Waals surface area contributed by atoms with Crippen molar-refractivity contribution in [3.8, 4) is 5.75 Å². The molecular weight excluding hydrogens is 468 g/mol. The Hall–Kier alpha value is -3.69. The minimum Gasteiger partial charge on any atom is -0.497 e. The number of anilines is 1. The molecule has 0 bridgehead atoms. The van der Waals surface area contributed by atoms with E-state index in [0.29, 0.717) is 23.4 Å². The highest BCUT2D eigenvalue weighted by atomic mass is 32.2. The van der Waals surface area contributed by atoms with E-state index in [0.717, 1.165) is 9.87 Å². The number of benzene rings is 3. The molecule has 184 valence electrons. The third-order valence-corrected chi connectivity index (χ3v) is 7.05. The number of carbonyl (C=O) groups excluding carboxylic acids is 2. The van der Waals surface area contributed by atoms with Gasteiger partial charge < -0.3 is 14.8 Å². The number of hydrogen-bond acceptors (Lipinski definition) is 6. The molecule has 0 radical (unpaired) electrons. The first kappa shape index (κ1) is 25.9. The summed E-state index contributed by atoms with van der Waals surface area (Å²) in [5.41, 5.74) is 1.75. The highest BCUT2D eigenvalue weighted by Crippen LogP contribution is 2.20. The van der Waals surface area contributed by atoms with Crippen LogP contribution in [0.1, 0.15) is 22.8 Å². The smallest absolute Gasteiger partial charge is 0.338 e. The zero-order valence-electron chi connectivity index (χ0n) is 19.6. The van der Waals surface area contributed by atoms with E-state index in [-0.39, 0.29) is 24.6 Å². The van der Waals surface area contributed by atoms with Crippen molar-refractivity contribution in [1.29, 1.82) is 0 Å². The van der Waals surface area contributed by atoms with Gasteiger partial charge in [0, 0.05) is 12.2 Å². The van der Waals surface area contributed by atoms with Crippen molar-refractivity contribution in [1.82, 2.24) is 4.31 Å². The molecule has 0 aliphatic carbocycles. The molecule has 0 aliphatic heterocycles. The van der Waals surface area contributed by atoms with Crippen LogP contribution in [0.5, 0.6) is 5.75 Å². The molecule has 0 unspecified atom stereocenters. The number of methoxy groups -OCH3 is 1. The molecule has 0 spiro atoms. The zero-order valence-corrected chi connectivity index (χ0v) is 20.5. The number of amides is 1. The van der Waals surface area contributed by atoms with Crippen LogP contribution in [0.25, 0.3) is 0 Å². The van der Waals surface area contributed by atoms with Crippen molar-refractivity contribution in [2.24, 2.45) is 0 Å². The molecule has 3 aromatic rings. The first-order valence-corrected chi connectivity index (χ1v) is 12.5. The van der Waals surface area contributed by atoms with E-state index in [1.165, 1.54) is 31.4 Å². The van der Waals surface area contributed by atoms with Gasteiger partial charge in [-0.25, -0.2) is 13.2 Å². The molecule has 0 heterocycles. The molecule has 1 amide bonds. The van der Waals surface area contributed by atoms with Crippen molar-refractivity contribution >= 4 is 27.6 Å². The molecule has 0 saturated heterocycles. The predicted molar refractivity (Wildman–Crippen MR) is 133 cm³/mol. The van der Waals surface area contributed by atoms with Crippen molar-refractivity contribution in [3.05, 3.63) is 90.0 Å². The third kappa shape index (κ3) is 7.14. The standard InChI is InChI=1S/C26H28N2O6S/c1-3-34-26(30)21-9-11-22(12-10-21)27-25(29)19-28(18-17-20-7-5-4-6-8-20)35(31,32)24-15-13-23(33-2)14-16-24/h4-16H,3,17-19H2,1-2H3,(H,27,29). The lowest BCUT2D eigenvalue weighted by molar-refractivity contribution is -0.116. The number of nitrogens with zero attached hydrogens (tertiary/aromatic N) is 1. The number of rotatable bonds is 11. The van der Waals surface area contributed by atoms with Crippen LogP contribution in [0, 0.1) is 0 Å². The summed E-state index contributed by atoms with van der Waals surface area (Å²) in [4.78, 5) is 24.7. The summed E-state index contributed by atoms with van der Waals surface area (Å²) in [6.07, 6.45) is 0.442. The summed E-state index contributed by atoms with van der Waals surface area (Å²) in [5.74, 6) is -0.425. The Bertz CT molecular complexity index is 1230. The number of sulfonamides is 1. The average molecular weight is 497 g/mol. The first-order valence-electron chi connectivity index (χ1n) is 11.1. The molecule has 0 aliphatic rings. The number of esters is 1. The topological polar surface area (TPSA) is 102 Å². The fraction of sp³-hybridized carbons (Fsp3) is 0.231.